The highest BCUT2D eigenvalue weighted by molar-refractivity contribution is 6.31. The first-order chi connectivity index (χ1) is 13.0. The fourth-order valence-electron chi connectivity index (χ4n) is 2.52. The first-order valence-electron chi connectivity index (χ1n) is 7.90. The van der Waals surface area contributed by atoms with Gasteiger partial charge in [-0.15, -0.1) is 0 Å². The molecule has 3 aromatic rings. The van der Waals surface area contributed by atoms with Gasteiger partial charge in [-0.3, -0.25) is 9.59 Å². The maximum Gasteiger partial charge on any atom is 0.276 e. The Bertz CT molecular complexity index is 1090. The molecule has 0 aliphatic rings. The third-order valence-corrected chi connectivity index (χ3v) is 4.11. The lowest BCUT2D eigenvalue weighted by Gasteiger charge is -2.07. The average Bonchev–Trinajstić information content (AvgIpc) is 2.67. The number of carbonyl (C=O) groups is 1. The van der Waals surface area contributed by atoms with Crippen molar-refractivity contribution in [3.05, 3.63) is 69.0 Å². The van der Waals surface area contributed by atoms with Gasteiger partial charge in [0.2, 0.25) is 5.43 Å². The van der Waals surface area contributed by atoms with Gasteiger partial charge in [-0.25, -0.2) is 5.43 Å². The van der Waals surface area contributed by atoms with Crippen molar-refractivity contribution in [1.82, 2.24) is 10.4 Å². The Labute approximate surface area is 159 Å². The average molecular weight is 386 g/mol. The van der Waals surface area contributed by atoms with Crippen molar-refractivity contribution in [3.63, 3.8) is 0 Å². The highest BCUT2D eigenvalue weighted by Gasteiger charge is 2.12. The molecule has 0 radical (unpaired) electrons. The second-order valence-electron chi connectivity index (χ2n) is 5.53. The monoisotopic (exact) mass is 385 g/mol. The van der Waals surface area contributed by atoms with Crippen LogP contribution < -0.4 is 20.3 Å². The van der Waals surface area contributed by atoms with Crippen molar-refractivity contribution >= 4 is 34.6 Å². The minimum Gasteiger partial charge on any atom is -0.493 e. The number of fused-ring (bicyclic) bond motifs is 1. The van der Waals surface area contributed by atoms with Crippen LogP contribution in [0.3, 0.4) is 0 Å². The second kappa shape index (κ2) is 7.92. The fraction of sp³-hybridized carbons (Fsp3) is 0.105. The summed E-state index contributed by atoms with van der Waals surface area (Å²) in [6.07, 6.45) is 2.77. The number of halogens is 1. The molecule has 2 N–H and O–H groups in total. The van der Waals surface area contributed by atoms with Crippen LogP contribution in [-0.4, -0.2) is 31.3 Å². The maximum atomic E-state index is 12.5. The van der Waals surface area contributed by atoms with Gasteiger partial charge in [0.25, 0.3) is 5.91 Å². The lowest BCUT2D eigenvalue weighted by Crippen LogP contribution is -2.25. The van der Waals surface area contributed by atoms with Crippen LogP contribution in [0.15, 0.2) is 52.5 Å². The molecule has 138 valence electrons. The standard InChI is InChI=1S/C19H16ClN3O4/c1-26-16-6-3-11(7-17(16)27-2)9-22-23-19(25)14-10-21-15-8-12(20)4-5-13(15)18(14)24/h3-10H,1-2H3,(H,21,24)(H,23,25)/b22-9+. The summed E-state index contributed by atoms with van der Waals surface area (Å²) in [4.78, 5) is 27.6. The summed E-state index contributed by atoms with van der Waals surface area (Å²) >= 11 is 5.90. The summed E-state index contributed by atoms with van der Waals surface area (Å²) in [6.45, 7) is 0. The number of carbonyl (C=O) groups excluding carboxylic acids is 1. The third kappa shape index (κ3) is 3.93. The third-order valence-electron chi connectivity index (χ3n) is 3.87. The molecule has 0 bridgehead atoms. The largest absolute Gasteiger partial charge is 0.493 e. The number of hydrazone groups is 1. The molecule has 0 fully saturated rings. The molecule has 1 heterocycles. The first-order valence-corrected chi connectivity index (χ1v) is 8.27. The number of methoxy groups -OCH3 is 2. The number of amides is 1. The molecule has 0 saturated heterocycles. The molecule has 8 heteroatoms. The normalized spacial score (nSPS) is 10.9. The molecule has 0 aliphatic carbocycles. The molecule has 1 amide bonds. The lowest BCUT2D eigenvalue weighted by atomic mass is 10.1. The molecule has 0 saturated carbocycles. The van der Waals surface area contributed by atoms with Gasteiger partial charge < -0.3 is 14.5 Å². The molecule has 0 aliphatic heterocycles. The summed E-state index contributed by atoms with van der Waals surface area (Å²) < 4.78 is 10.4. The number of hydrogen-bond acceptors (Lipinski definition) is 5. The van der Waals surface area contributed by atoms with Crippen molar-refractivity contribution in [2.24, 2.45) is 5.10 Å². The Balaban J connectivity index is 1.79. The van der Waals surface area contributed by atoms with Crippen LogP contribution in [0, 0.1) is 0 Å². The second-order valence-corrected chi connectivity index (χ2v) is 5.97. The van der Waals surface area contributed by atoms with Crippen molar-refractivity contribution in [2.45, 2.75) is 0 Å². The van der Waals surface area contributed by atoms with Gasteiger partial charge in [-0.05, 0) is 42.0 Å². The van der Waals surface area contributed by atoms with Crippen LogP contribution >= 0.6 is 11.6 Å². The predicted molar refractivity (Wildman–Crippen MR) is 104 cm³/mol. The minimum atomic E-state index is -0.621. The van der Waals surface area contributed by atoms with Gasteiger partial charge in [-0.2, -0.15) is 5.10 Å². The topological polar surface area (TPSA) is 92.8 Å². The van der Waals surface area contributed by atoms with E-state index in [1.807, 2.05) is 0 Å². The van der Waals surface area contributed by atoms with E-state index >= 15 is 0 Å². The summed E-state index contributed by atoms with van der Waals surface area (Å²) in [6, 6.07) is 9.97. The number of aromatic nitrogens is 1. The number of nitrogens with zero attached hydrogens (tertiary/aromatic N) is 1. The molecule has 2 aromatic carbocycles. The Kier molecular flexibility index (Phi) is 5.42. The Morgan fingerprint density at radius 2 is 1.93 bits per heavy atom. The van der Waals surface area contributed by atoms with E-state index in [0.29, 0.717) is 33.0 Å². The first kappa shape index (κ1) is 18.5. The van der Waals surface area contributed by atoms with E-state index in [-0.39, 0.29) is 5.56 Å². The summed E-state index contributed by atoms with van der Waals surface area (Å²) in [5.74, 6) is 0.503. The molecule has 3 rings (SSSR count). The number of nitrogens with one attached hydrogen (secondary N) is 2. The van der Waals surface area contributed by atoms with Crippen molar-refractivity contribution in [2.75, 3.05) is 14.2 Å². The van der Waals surface area contributed by atoms with Crippen LogP contribution in [0.25, 0.3) is 10.9 Å². The molecular formula is C19H16ClN3O4. The molecule has 0 atom stereocenters. The fourth-order valence-corrected chi connectivity index (χ4v) is 2.69. The van der Waals surface area contributed by atoms with E-state index in [9.17, 15) is 9.59 Å². The van der Waals surface area contributed by atoms with Crippen molar-refractivity contribution < 1.29 is 14.3 Å². The zero-order valence-corrected chi connectivity index (χ0v) is 15.3. The predicted octanol–water partition coefficient (Wildman–Crippen LogP) is 2.96. The number of aromatic amines is 1. The van der Waals surface area contributed by atoms with Gasteiger partial charge in [0.05, 0.1) is 26.0 Å². The van der Waals surface area contributed by atoms with Gasteiger partial charge >= 0.3 is 0 Å². The Hall–Kier alpha value is -3.32. The molecule has 7 nitrogen and oxygen atoms in total. The number of hydrogen-bond donors (Lipinski definition) is 2. The number of ether oxygens (including phenoxy) is 2. The SMILES string of the molecule is COc1ccc(/C=N/NC(=O)c2c[nH]c3cc(Cl)ccc3c2=O)cc1OC. The van der Waals surface area contributed by atoms with E-state index < -0.39 is 11.3 Å². The van der Waals surface area contributed by atoms with Crippen LogP contribution in [0.4, 0.5) is 0 Å². The van der Waals surface area contributed by atoms with Crippen LogP contribution in [0.2, 0.25) is 5.02 Å². The summed E-state index contributed by atoms with van der Waals surface area (Å²) in [5.41, 5.74) is 3.14. The number of H-pyrrole nitrogens is 1. The Morgan fingerprint density at radius 3 is 2.67 bits per heavy atom. The molecule has 27 heavy (non-hydrogen) atoms. The maximum absolute atomic E-state index is 12.5. The number of pyridine rings is 1. The van der Waals surface area contributed by atoms with Crippen molar-refractivity contribution in [1.29, 1.82) is 0 Å². The summed E-state index contributed by atoms with van der Waals surface area (Å²) in [7, 11) is 3.07. The minimum absolute atomic E-state index is 0.0470. The van der Waals surface area contributed by atoms with E-state index in [2.05, 4.69) is 15.5 Å². The van der Waals surface area contributed by atoms with Gasteiger partial charge in [0.15, 0.2) is 11.5 Å². The quantitative estimate of drug-likeness (QED) is 0.521. The van der Waals surface area contributed by atoms with Crippen LogP contribution in [0.5, 0.6) is 11.5 Å². The van der Waals surface area contributed by atoms with E-state index in [0.717, 1.165) is 0 Å². The molecule has 0 spiro atoms. The zero-order valence-electron chi connectivity index (χ0n) is 14.6. The zero-order chi connectivity index (χ0) is 19.4. The van der Waals surface area contributed by atoms with Crippen LogP contribution in [0.1, 0.15) is 15.9 Å². The molecular weight excluding hydrogens is 370 g/mol. The van der Waals surface area contributed by atoms with Crippen molar-refractivity contribution in [3.8, 4) is 11.5 Å². The molecule has 1 aromatic heterocycles. The van der Waals surface area contributed by atoms with Crippen LogP contribution in [-0.2, 0) is 0 Å². The Morgan fingerprint density at radius 1 is 1.15 bits per heavy atom. The van der Waals surface area contributed by atoms with E-state index in [4.69, 9.17) is 21.1 Å². The number of benzene rings is 2. The highest BCUT2D eigenvalue weighted by atomic mass is 35.5. The number of rotatable bonds is 5. The smallest absolute Gasteiger partial charge is 0.276 e. The van der Waals surface area contributed by atoms with E-state index in [1.165, 1.54) is 19.5 Å². The lowest BCUT2D eigenvalue weighted by molar-refractivity contribution is 0.0954. The summed E-state index contributed by atoms with van der Waals surface area (Å²) in [5, 5.41) is 4.76. The van der Waals surface area contributed by atoms with Gasteiger partial charge in [0.1, 0.15) is 5.56 Å². The highest BCUT2D eigenvalue weighted by Crippen LogP contribution is 2.26. The van der Waals surface area contributed by atoms with E-state index in [1.54, 1.807) is 43.5 Å². The van der Waals surface area contributed by atoms with Gasteiger partial charge in [0, 0.05) is 16.6 Å². The van der Waals surface area contributed by atoms with Gasteiger partial charge in [-0.1, -0.05) is 11.6 Å². The molecule has 0 unspecified atom stereocenters.